The zero-order valence-corrected chi connectivity index (χ0v) is 10.9. The number of carbonyl (C=O) groups excluding carboxylic acids is 1. The second-order valence-electron chi connectivity index (χ2n) is 6.75. The van der Waals surface area contributed by atoms with E-state index in [0.717, 1.165) is 6.42 Å². The van der Waals surface area contributed by atoms with E-state index in [0.29, 0.717) is 18.1 Å². The fraction of sp³-hybridized carbons (Fsp3) is 0.923. The summed E-state index contributed by atoms with van der Waals surface area (Å²) in [4.78, 5) is 11.7. The summed E-state index contributed by atoms with van der Waals surface area (Å²) >= 11 is 0. The van der Waals surface area contributed by atoms with E-state index in [2.05, 4.69) is 48.5 Å². The Morgan fingerprint density at radius 1 is 1.07 bits per heavy atom. The Bertz CT molecular complexity index is 190. The van der Waals surface area contributed by atoms with Crippen molar-refractivity contribution in [3.63, 3.8) is 0 Å². The molecule has 0 aliphatic rings. The van der Waals surface area contributed by atoms with Crippen molar-refractivity contribution >= 4 is 5.78 Å². The van der Waals surface area contributed by atoms with Crippen molar-refractivity contribution in [3.8, 4) is 0 Å². The van der Waals surface area contributed by atoms with Crippen LogP contribution in [0, 0.1) is 16.7 Å². The topological polar surface area (TPSA) is 17.1 Å². The molecule has 0 aromatic heterocycles. The highest BCUT2D eigenvalue weighted by atomic mass is 16.1. The molecule has 0 aliphatic carbocycles. The molecule has 0 aromatic carbocycles. The molecule has 0 fully saturated rings. The van der Waals surface area contributed by atoms with E-state index in [-0.39, 0.29) is 10.8 Å². The van der Waals surface area contributed by atoms with Crippen molar-refractivity contribution < 1.29 is 4.79 Å². The lowest BCUT2D eigenvalue weighted by molar-refractivity contribution is -0.122. The SMILES string of the molecule is C[C@@H](CC(=O)CC(C)(C)C)C(C)(C)C. The van der Waals surface area contributed by atoms with Crippen LogP contribution in [-0.2, 0) is 4.79 Å². The molecule has 0 rings (SSSR count). The zero-order valence-electron chi connectivity index (χ0n) is 10.9. The van der Waals surface area contributed by atoms with E-state index < -0.39 is 0 Å². The minimum absolute atomic E-state index is 0.134. The van der Waals surface area contributed by atoms with Crippen molar-refractivity contribution in [2.75, 3.05) is 0 Å². The van der Waals surface area contributed by atoms with E-state index in [1.54, 1.807) is 0 Å². The van der Waals surface area contributed by atoms with Crippen molar-refractivity contribution in [1.29, 1.82) is 0 Å². The number of carbonyl (C=O) groups is 1. The largest absolute Gasteiger partial charge is 0.300 e. The van der Waals surface area contributed by atoms with Crippen LogP contribution in [0.4, 0.5) is 0 Å². The van der Waals surface area contributed by atoms with Gasteiger partial charge in [-0.15, -0.1) is 0 Å². The van der Waals surface area contributed by atoms with Gasteiger partial charge in [-0.05, 0) is 16.7 Å². The second kappa shape index (κ2) is 4.46. The Hall–Kier alpha value is -0.330. The summed E-state index contributed by atoms with van der Waals surface area (Å²) in [6.45, 7) is 15.1. The molecule has 0 spiro atoms. The fourth-order valence-electron chi connectivity index (χ4n) is 1.31. The van der Waals surface area contributed by atoms with Crippen LogP contribution in [0.25, 0.3) is 0 Å². The smallest absolute Gasteiger partial charge is 0.133 e. The molecule has 0 radical (unpaired) electrons. The van der Waals surface area contributed by atoms with Gasteiger partial charge in [0.25, 0.3) is 0 Å². The lowest BCUT2D eigenvalue weighted by Gasteiger charge is -2.27. The number of hydrogen-bond acceptors (Lipinski definition) is 1. The molecule has 1 atom stereocenters. The maximum absolute atomic E-state index is 11.7. The monoisotopic (exact) mass is 198 g/mol. The summed E-state index contributed by atoms with van der Waals surface area (Å²) in [6, 6.07) is 0. The minimum atomic E-state index is 0.134. The Kier molecular flexibility index (Phi) is 4.35. The summed E-state index contributed by atoms with van der Waals surface area (Å²) in [6.07, 6.45) is 1.42. The predicted octanol–water partition coefficient (Wildman–Crippen LogP) is 4.06. The summed E-state index contributed by atoms with van der Waals surface area (Å²) in [5.74, 6) is 0.872. The Labute approximate surface area is 89.3 Å². The van der Waals surface area contributed by atoms with Crippen molar-refractivity contribution in [3.05, 3.63) is 0 Å². The van der Waals surface area contributed by atoms with Gasteiger partial charge in [-0.3, -0.25) is 4.79 Å². The van der Waals surface area contributed by atoms with Crippen LogP contribution in [0.3, 0.4) is 0 Å². The summed E-state index contributed by atoms with van der Waals surface area (Å²) in [5, 5.41) is 0. The normalized spacial score (nSPS) is 15.4. The molecule has 0 N–H and O–H groups in total. The molecule has 0 aliphatic heterocycles. The van der Waals surface area contributed by atoms with E-state index in [1.165, 1.54) is 0 Å². The van der Waals surface area contributed by atoms with E-state index in [4.69, 9.17) is 0 Å². The molecule has 14 heavy (non-hydrogen) atoms. The maximum Gasteiger partial charge on any atom is 0.133 e. The van der Waals surface area contributed by atoms with Crippen LogP contribution in [0.5, 0.6) is 0 Å². The van der Waals surface area contributed by atoms with Gasteiger partial charge in [0.2, 0.25) is 0 Å². The van der Waals surface area contributed by atoms with Gasteiger partial charge >= 0.3 is 0 Å². The first-order valence-electron chi connectivity index (χ1n) is 5.54. The van der Waals surface area contributed by atoms with Gasteiger partial charge in [0.05, 0.1) is 0 Å². The first kappa shape index (κ1) is 13.7. The molecule has 0 saturated carbocycles. The van der Waals surface area contributed by atoms with Gasteiger partial charge in [0.1, 0.15) is 5.78 Å². The van der Waals surface area contributed by atoms with Crippen molar-refractivity contribution in [2.45, 2.75) is 61.3 Å². The van der Waals surface area contributed by atoms with Crippen LogP contribution in [0.1, 0.15) is 61.3 Å². The third kappa shape index (κ3) is 6.17. The molecule has 84 valence electrons. The highest BCUT2D eigenvalue weighted by Crippen LogP contribution is 2.30. The van der Waals surface area contributed by atoms with Crippen LogP contribution < -0.4 is 0 Å². The molecule has 0 aromatic rings. The van der Waals surface area contributed by atoms with Crippen LogP contribution in [0.2, 0.25) is 0 Å². The van der Waals surface area contributed by atoms with E-state index in [9.17, 15) is 4.79 Å². The van der Waals surface area contributed by atoms with E-state index >= 15 is 0 Å². The fourth-order valence-corrected chi connectivity index (χ4v) is 1.31. The Balaban J connectivity index is 4.09. The molecule has 1 heteroatoms. The number of hydrogen-bond donors (Lipinski definition) is 0. The first-order valence-corrected chi connectivity index (χ1v) is 5.54. The second-order valence-corrected chi connectivity index (χ2v) is 6.75. The van der Waals surface area contributed by atoms with Gasteiger partial charge < -0.3 is 0 Å². The van der Waals surface area contributed by atoms with Crippen molar-refractivity contribution in [2.24, 2.45) is 16.7 Å². The van der Waals surface area contributed by atoms with Crippen LogP contribution in [-0.4, -0.2) is 5.78 Å². The lowest BCUT2D eigenvalue weighted by Crippen LogP contribution is -2.22. The average molecular weight is 198 g/mol. The predicted molar refractivity (Wildman–Crippen MR) is 62.3 cm³/mol. The van der Waals surface area contributed by atoms with Crippen molar-refractivity contribution in [1.82, 2.24) is 0 Å². The molecule has 0 heterocycles. The summed E-state index contributed by atoms with van der Waals surface area (Å²) in [7, 11) is 0. The van der Waals surface area contributed by atoms with E-state index in [1.807, 2.05) is 0 Å². The van der Waals surface area contributed by atoms with Gasteiger partial charge in [-0.25, -0.2) is 0 Å². The summed E-state index contributed by atoms with van der Waals surface area (Å²) < 4.78 is 0. The van der Waals surface area contributed by atoms with Gasteiger partial charge in [0, 0.05) is 12.8 Å². The highest BCUT2D eigenvalue weighted by Gasteiger charge is 2.24. The molecule has 0 amide bonds. The third-order valence-corrected chi connectivity index (χ3v) is 2.74. The first-order chi connectivity index (χ1) is 6.02. The molecular formula is C13H26O. The highest BCUT2D eigenvalue weighted by molar-refractivity contribution is 5.79. The van der Waals surface area contributed by atoms with Gasteiger partial charge in [-0.2, -0.15) is 0 Å². The standard InChI is InChI=1S/C13H26O/c1-10(13(5,6)7)8-11(14)9-12(2,3)4/h10H,8-9H2,1-7H3/t10-/m0/s1. The summed E-state index contributed by atoms with van der Waals surface area (Å²) in [5.41, 5.74) is 0.377. The minimum Gasteiger partial charge on any atom is -0.300 e. The quantitative estimate of drug-likeness (QED) is 0.668. The molecular weight excluding hydrogens is 172 g/mol. The lowest BCUT2D eigenvalue weighted by atomic mass is 9.77. The zero-order chi connectivity index (χ0) is 11.6. The van der Waals surface area contributed by atoms with Crippen LogP contribution >= 0.6 is 0 Å². The number of rotatable bonds is 3. The molecule has 0 unspecified atom stereocenters. The third-order valence-electron chi connectivity index (χ3n) is 2.74. The van der Waals surface area contributed by atoms with Crippen LogP contribution in [0.15, 0.2) is 0 Å². The number of ketones is 1. The van der Waals surface area contributed by atoms with Gasteiger partial charge in [0.15, 0.2) is 0 Å². The van der Waals surface area contributed by atoms with Gasteiger partial charge in [-0.1, -0.05) is 48.5 Å². The Morgan fingerprint density at radius 3 is 1.79 bits per heavy atom. The average Bonchev–Trinajstić information content (AvgIpc) is 1.79. The number of Topliss-reactive ketones (excluding diaryl/α,β-unsaturated/α-hetero) is 1. The Morgan fingerprint density at radius 2 is 1.50 bits per heavy atom. The molecule has 1 nitrogen and oxygen atoms in total. The molecule has 0 saturated heterocycles. The maximum atomic E-state index is 11.7. The molecule has 0 bridgehead atoms.